The van der Waals surface area contributed by atoms with Gasteiger partial charge in [0, 0.05) is 43.2 Å². The molecule has 0 radical (unpaired) electrons. The van der Waals surface area contributed by atoms with Crippen molar-refractivity contribution in [3.63, 3.8) is 0 Å². The maximum atomic E-state index is 14.0. The summed E-state index contributed by atoms with van der Waals surface area (Å²) in [5, 5.41) is 22.4. The maximum absolute atomic E-state index is 14.0. The normalized spacial score (nSPS) is 14.6. The smallest absolute Gasteiger partial charge is 0.662 e. The number of hydrogen-bond acceptors (Lipinski definition) is 11. The summed E-state index contributed by atoms with van der Waals surface area (Å²) >= 11 is 28.1. The Balaban J connectivity index is 0.000000530. The molecule has 364 valence electrons. The molecule has 4 aromatic carbocycles. The molecule has 1 N–H and O–H groups in total. The molecule has 4 aromatic rings. The summed E-state index contributed by atoms with van der Waals surface area (Å²) in [6.45, 7) is 2.76. The number of rotatable bonds is 7. The number of methoxy groups -OCH3 is 2. The van der Waals surface area contributed by atoms with Gasteiger partial charge in [-0.1, -0.05) is 87.0 Å². The standard InChI is InChI=1S/C19H11Cl2F6NO3.C10H7ClF3NO3.C9H5Cl2F3.CH2O3.Na/c1-30-16(29)13-3-2-9(4-14(13)18(22,23)24)15-8-17(31-28-15,19(25,26)27)10-5-11(20)7-12(21)6-10;1-18-9(16)6-3-2-5(8(11)15-17)4-7(6)10(12,13)14;1-5(9(12,13)14)6-2-7(10)4-8(11)3-6;2-1-4-3;/h2-7H,8H2,1H3;2-4,17H,1H3;2-4H,1H2;1,3H;/q;;;;+1/p-1/b;15-8-;;;. The molecule has 0 saturated carbocycles. The molecule has 68 heavy (non-hydrogen) atoms. The summed E-state index contributed by atoms with van der Waals surface area (Å²) in [7, 11) is 1.87. The van der Waals surface area contributed by atoms with E-state index >= 15 is 0 Å². The number of carbonyl (C=O) groups excluding carboxylic acids is 3. The largest absolute Gasteiger partial charge is 1.00 e. The average molecular weight is 1090 g/mol. The SMILES string of the molecule is C=C(c1cc(Cl)cc(Cl)c1)C(F)(F)F.COC(=O)c1ccc(/C(Cl)=N/O)cc1C(F)(F)F.COC(=O)c1ccc(C2=NOC(c3cc(Cl)cc(Cl)c3)(C(F)(F)F)C2)cc1C(F)(F)F.O=CO[O-].[Na+]. The van der Waals surface area contributed by atoms with Crippen LogP contribution in [-0.2, 0) is 41.9 Å². The van der Waals surface area contributed by atoms with Gasteiger partial charge in [0.05, 0.1) is 47.8 Å². The fourth-order valence-corrected chi connectivity index (χ4v) is 6.41. The molecule has 5 rings (SSSR count). The van der Waals surface area contributed by atoms with Gasteiger partial charge in [-0.2, -0.15) is 52.7 Å². The fraction of sp³-hybridized carbons (Fsp3) is 0.205. The van der Waals surface area contributed by atoms with Crippen molar-refractivity contribution in [3.8, 4) is 0 Å². The Hall–Kier alpha value is -4.46. The van der Waals surface area contributed by atoms with E-state index in [9.17, 15) is 62.3 Å². The van der Waals surface area contributed by atoms with Crippen LogP contribution in [-0.4, -0.2) is 61.1 Å². The van der Waals surface area contributed by atoms with E-state index in [-0.39, 0.29) is 72.8 Å². The number of carbonyl (C=O) groups is 3. The van der Waals surface area contributed by atoms with Crippen molar-refractivity contribution in [2.75, 3.05) is 14.2 Å². The summed E-state index contributed by atoms with van der Waals surface area (Å²) in [6.07, 6.45) is -20.1. The first-order valence-electron chi connectivity index (χ1n) is 17.0. The van der Waals surface area contributed by atoms with E-state index in [0.717, 1.165) is 50.6 Å². The van der Waals surface area contributed by atoms with E-state index in [1.807, 2.05) is 0 Å². The van der Waals surface area contributed by atoms with Gasteiger partial charge in [-0.05, 0) is 66.2 Å². The maximum Gasteiger partial charge on any atom is 1.00 e. The Labute approximate surface area is 421 Å². The van der Waals surface area contributed by atoms with Crippen molar-refractivity contribution in [2.24, 2.45) is 10.3 Å². The van der Waals surface area contributed by atoms with Crippen LogP contribution in [0.15, 0.2) is 89.7 Å². The van der Waals surface area contributed by atoms with Crippen LogP contribution in [0.2, 0.25) is 20.1 Å². The number of benzene rings is 4. The van der Waals surface area contributed by atoms with Gasteiger partial charge in [0.15, 0.2) is 5.17 Å². The quantitative estimate of drug-likeness (QED) is 0.0279. The predicted octanol–water partition coefficient (Wildman–Crippen LogP) is 9.26. The van der Waals surface area contributed by atoms with Crippen LogP contribution in [0.25, 0.3) is 5.57 Å². The molecule has 1 aliphatic heterocycles. The van der Waals surface area contributed by atoms with Crippen LogP contribution < -0.4 is 34.8 Å². The molecule has 0 bridgehead atoms. The molecular formula is C39H24Cl5F12N2NaO9. The Bertz CT molecular complexity index is 2480. The molecule has 1 atom stereocenters. The van der Waals surface area contributed by atoms with Gasteiger partial charge < -0.3 is 29.7 Å². The van der Waals surface area contributed by atoms with Gasteiger partial charge in [-0.3, -0.25) is 4.79 Å². The van der Waals surface area contributed by atoms with Crippen molar-refractivity contribution in [1.82, 2.24) is 0 Å². The molecule has 0 aliphatic carbocycles. The molecule has 0 saturated heterocycles. The van der Waals surface area contributed by atoms with Crippen molar-refractivity contribution >= 4 is 92.9 Å². The first kappa shape index (κ1) is 61.6. The Morgan fingerprint density at radius 1 is 0.750 bits per heavy atom. The van der Waals surface area contributed by atoms with E-state index in [1.165, 1.54) is 24.3 Å². The van der Waals surface area contributed by atoms with Crippen LogP contribution in [0.5, 0.6) is 0 Å². The molecule has 0 aromatic heterocycles. The van der Waals surface area contributed by atoms with Crippen LogP contribution in [0, 0.1) is 0 Å². The van der Waals surface area contributed by atoms with Crippen LogP contribution in [0.3, 0.4) is 0 Å². The van der Waals surface area contributed by atoms with Crippen molar-refractivity contribution in [1.29, 1.82) is 0 Å². The summed E-state index contributed by atoms with van der Waals surface area (Å²) < 4.78 is 166. The number of oxime groups is 2. The number of hydrogen-bond donors (Lipinski definition) is 1. The average Bonchev–Trinajstić information content (AvgIpc) is 3.71. The second-order valence-corrected chi connectivity index (χ2v) is 14.6. The topological polar surface area (TPSA) is 156 Å². The van der Waals surface area contributed by atoms with E-state index in [2.05, 4.69) is 31.3 Å². The molecule has 0 amide bonds. The van der Waals surface area contributed by atoms with Gasteiger partial charge >= 0.3 is 66.2 Å². The molecule has 11 nitrogen and oxygen atoms in total. The van der Waals surface area contributed by atoms with E-state index in [4.69, 9.17) is 78.1 Å². The molecule has 1 aliphatic rings. The molecule has 0 spiro atoms. The zero-order chi connectivity index (χ0) is 51.5. The summed E-state index contributed by atoms with van der Waals surface area (Å²) in [4.78, 5) is 38.9. The van der Waals surface area contributed by atoms with Crippen molar-refractivity contribution < 1.29 is 126 Å². The third-order valence-electron chi connectivity index (χ3n) is 8.23. The van der Waals surface area contributed by atoms with E-state index in [1.54, 1.807) is 0 Å². The zero-order valence-electron chi connectivity index (χ0n) is 34.0. The number of esters is 2. The number of nitrogens with zero attached hydrogens (tertiary/aromatic N) is 2. The number of allylic oxidation sites excluding steroid dienone is 1. The first-order chi connectivity index (χ1) is 30.8. The molecule has 1 unspecified atom stereocenters. The van der Waals surface area contributed by atoms with Gasteiger partial charge in [0.1, 0.15) is 0 Å². The number of ether oxygens (including phenoxy) is 2. The first-order valence-corrected chi connectivity index (χ1v) is 18.9. The van der Waals surface area contributed by atoms with Gasteiger partial charge in [-0.25, -0.2) is 9.59 Å². The van der Waals surface area contributed by atoms with Gasteiger partial charge in [0.2, 0.25) is 0 Å². The van der Waals surface area contributed by atoms with Crippen LogP contribution in [0.1, 0.15) is 60.5 Å². The monoisotopic (exact) mass is 1090 g/mol. The zero-order valence-corrected chi connectivity index (χ0v) is 39.7. The minimum Gasteiger partial charge on any atom is -0.662 e. The van der Waals surface area contributed by atoms with Crippen molar-refractivity contribution in [3.05, 3.63) is 144 Å². The summed E-state index contributed by atoms with van der Waals surface area (Å²) in [6, 6.07) is 11.9. The minimum atomic E-state index is -5.01. The molecule has 29 heteroatoms. The second kappa shape index (κ2) is 25.4. The Morgan fingerprint density at radius 2 is 1.18 bits per heavy atom. The summed E-state index contributed by atoms with van der Waals surface area (Å²) in [5.41, 5.74) is -9.44. The molecule has 0 fully saturated rings. The van der Waals surface area contributed by atoms with Crippen molar-refractivity contribution in [2.45, 2.75) is 36.7 Å². The van der Waals surface area contributed by atoms with Crippen LogP contribution in [0.4, 0.5) is 52.7 Å². The Morgan fingerprint density at radius 3 is 1.56 bits per heavy atom. The Kier molecular flexibility index (Phi) is 23.0. The van der Waals surface area contributed by atoms with Gasteiger partial charge in [-0.15, -0.1) is 0 Å². The predicted molar refractivity (Wildman–Crippen MR) is 215 cm³/mol. The third kappa shape index (κ3) is 16.6. The minimum absolute atomic E-state index is 0. The number of halogens is 17. The molecular weight excluding hydrogens is 1070 g/mol. The second-order valence-electron chi connectivity index (χ2n) is 12.5. The fourth-order valence-electron chi connectivity index (χ4n) is 5.24. The van der Waals surface area contributed by atoms with Gasteiger partial charge in [0.25, 0.3) is 12.1 Å². The third-order valence-corrected chi connectivity index (χ3v) is 9.39. The molecule has 1 heterocycles. The number of alkyl halides is 12. The van der Waals surface area contributed by atoms with E-state index < -0.39 is 92.9 Å². The summed E-state index contributed by atoms with van der Waals surface area (Å²) in [5.74, 6) is -2.37. The van der Waals surface area contributed by atoms with E-state index in [0.29, 0.717) is 12.1 Å². The van der Waals surface area contributed by atoms with Crippen LogP contribution >= 0.6 is 58.0 Å².